The molecule has 0 amide bonds. The van der Waals surface area contributed by atoms with Crippen LogP contribution in [0.25, 0.3) is 5.57 Å². The first-order valence-corrected chi connectivity index (χ1v) is 5.10. The third-order valence-corrected chi connectivity index (χ3v) is 2.65. The van der Waals surface area contributed by atoms with Gasteiger partial charge in [-0.3, -0.25) is 4.79 Å². The lowest BCUT2D eigenvalue weighted by Crippen LogP contribution is -1.80. The molecule has 1 aromatic carbocycles. The maximum Gasteiger partial charge on any atom is 0.156 e. The lowest BCUT2D eigenvalue weighted by Gasteiger charge is -2.02. The molecule has 1 nitrogen and oxygen atoms in total. The number of hydrogen-bond donors (Lipinski definition) is 0. The summed E-state index contributed by atoms with van der Waals surface area (Å²) in [5.74, 6) is 0.177. The fraction of sp³-hybridized carbons (Fsp3) is 0.182. The first kappa shape index (κ1) is 9.75. The normalized spacial score (nSPS) is 15.9. The highest BCUT2D eigenvalue weighted by atomic mass is 35.5. The van der Waals surface area contributed by atoms with Gasteiger partial charge in [0.2, 0.25) is 0 Å². The van der Waals surface area contributed by atoms with Crippen molar-refractivity contribution in [3.05, 3.63) is 39.9 Å². The minimum atomic E-state index is 0.177. The van der Waals surface area contributed by atoms with Crippen molar-refractivity contribution in [2.24, 2.45) is 0 Å². The van der Waals surface area contributed by atoms with Crippen molar-refractivity contribution in [1.29, 1.82) is 0 Å². The average Bonchev–Trinajstić information content (AvgIpc) is 2.50. The number of benzene rings is 1. The van der Waals surface area contributed by atoms with E-state index in [9.17, 15) is 4.79 Å². The van der Waals surface area contributed by atoms with Gasteiger partial charge in [-0.15, -0.1) is 0 Å². The second-order valence-electron chi connectivity index (χ2n) is 3.29. The highest BCUT2D eigenvalue weighted by Crippen LogP contribution is 2.29. The van der Waals surface area contributed by atoms with Gasteiger partial charge in [-0.2, -0.15) is 0 Å². The molecule has 0 heterocycles. The van der Waals surface area contributed by atoms with E-state index in [0.29, 0.717) is 16.5 Å². The maximum atomic E-state index is 11.1. The molecule has 1 aliphatic carbocycles. The Bertz CT molecular complexity index is 401. The van der Waals surface area contributed by atoms with Gasteiger partial charge in [-0.25, -0.2) is 0 Å². The molecule has 0 saturated heterocycles. The second-order valence-corrected chi connectivity index (χ2v) is 4.17. The van der Waals surface area contributed by atoms with Gasteiger partial charge in [0.1, 0.15) is 0 Å². The molecule has 1 aliphatic rings. The molecule has 0 spiro atoms. The predicted octanol–water partition coefficient (Wildman–Crippen LogP) is 3.74. The van der Waals surface area contributed by atoms with Crippen molar-refractivity contribution in [3.63, 3.8) is 0 Å². The van der Waals surface area contributed by atoms with Crippen LogP contribution in [0.4, 0.5) is 0 Å². The van der Waals surface area contributed by atoms with Crippen molar-refractivity contribution in [1.82, 2.24) is 0 Å². The summed E-state index contributed by atoms with van der Waals surface area (Å²) in [6.07, 6.45) is 3.05. The fourth-order valence-corrected chi connectivity index (χ4v) is 2.09. The van der Waals surface area contributed by atoms with Gasteiger partial charge in [0.25, 0.3) is 0 Å². The largest absolute Gasteiger partial charge is 0.295 e. The SMILES string of the molecule is O=C1C=C(c2cc(Cl)cc(Cl)c2)CC1. The third kappa shape index (κ3) is 1.99. The van der Waals surface area contributed by atoms with Crippen LogP contribution in [0.15, 0.2) is 24.3 Å². The Labute approximate surface area is 92.3 Å². The maximum absolute atomic E-state index is 11.1. The number of hydrogen-bond acceptors (Lipinski definition) is 1. The second kappa shape index (κ2) is 3.76. The number of ketones is 1. The van der Waals surface area contributed by atoms with E-state index < -0.39 is 0 Å². The van der Waals surface area contributed by atoms with Crippen LogP contribution < -0.4 is 0 Å². The summed E-state index contributed by atoms with van der Waals surface area (Å²) < 4.78 is 0. The lowest BCUT2D eigenvalue weighted by atomic mass is 10.1. The molecule has 0 fully saturated rings. The van der Waals surface area contributed by atoms with Gasteiger partial charge in [0.15, 0.2) is 5.78 Å². The van der Waals surface area contributed by atoms with Gasteiger partial charge in [0, 0.05) is 16.5 Å². The van der Waals surface area contributed by atoms with E-state index in [1.54, 1.807) is 12.1 Å². The predicted molar refractivity (Wildman–Crippen MR) is 58.7 cm³/mol. The van der Waals surface area contributed by atoms with E-state index in [4.69, 9.17) is 23.2 Å². The Morgan fingerprint density at radius 2 is 1.64 bits per heavy atom. The van der Waals surface area contributed by atoms with Crippen LogP contribution in [-0.4, -0.2) is 5.78 Å². The Morgan fingerprint density at radius 1 is 1.00 bits per heavy atom. The van der Waals surface area contributed by atoms with Gasteiger partial charge < -0.3 is 0 Å². The van der Waals surface area contributed by atoms with Gasteiger partial charge in [0.05, 0.1) is 0 Å². The van der Waals surface area contributed by atoms with Crippen molar-refractivity contribution >= 4 is 34.6 Å². The van der Waals surface area contributed by atoms with Crippen LogP contribution in [-0.2, 0) is 4.79 Å². The van der Waals surface area contributed by atoms with Gasteiger partial charge in [-0.1, -0.05) is 23.2 Å². The molecule has 0 N–H and O–H groups in total. The molecule has 1 aromatic rings. The minimum absolute atomic E-state index is 0.177. The summed E-state index contributed by atoms with van der Waals surface area (Å²) in [5, 5.41) is 1.21. The quantitative estimate of drug-likeness (QED) is 0.714. The molecule has 0 aromatic heterocycles. The molecular weight excluding hydrogens is 219 g/mol. The van der Waals surface area contributed by atoms with Crippen LogP contribution in [0, 0.1) is 0 Å². The van der Waals surface area contributed by atoms with Gasteiger partial charge in [-0.05, 0) is 41.8 Å². The average molecular weight is 227 g/mol. The third-order valence-electron chi connectivity index (χ3n) is 2.21. The summed E-state index contributed by atoms with van der Waals surface area (Å²) in [4.78, 5) is 11.1. The summed E-state index contributed by atoms with van der Waals surface area (Å²) in [7, 11) is 0. The highest BCUT2D eigenvalue weighted by Gasteiger charge is 2.14. The first-order valence-electron chi connectivity index (χ1n) is 4.35. The lowest BCUT2D eigenvalue weighted by molar-refractivity contribution is -0.114. The fourth-order valence-electron chi connectivity index (χ4n) is 1.56. The van der Waals surface area contributed by atoms with E-state index >= 15 is 0 Å². The minimum Gasteiger partial charge on any atom is -0.295 e. The monoisotopic (exact) mass is 226 g/mol. The van der Waals surface area contributed by atoms with E-state index in [-0.39, 0.29) is 5.78 Å². The summed E-state index contributed by atoms with van der Waals surface area (Å²) >= 11 is 11.7. The zero-order valence-electron chi connectivity index (χ0n) is 7.39. The number of carbonyl (C=O) groups excluding carboxylic acids is 1. The number of carbonyl (C=O) groups is 1. The summed E-state index contributed by atoms with van der Waals surface area (Å²) in [6.45, 7) is 0. The Hall–Kier alpha value is -0.790. The molecule has 0 aliphatic heterocycles. The van der Waals surface area contributed by atoms with Crippen molar-refractivity contribution < 1.29 is 4.79 Å². The van der Waals surface area contributed by atoms with E-state index in [0.717, 1.165) is 17.6 Å². The van der Waals surface area contributed by atoms with E-state index in [2.05, 4.69) is 0 Å². The molecule has 72 valence electrons. The van der Waals surface area contributed by atoms with Crippen LogP contribution in [0.1, 0.15) is 18.4 Å². The van der Waals surface area contributed by atoms with Crippen molar-refractivity contribution in [2.75, 3.05) is 0 Å². The Morgan fingerprint density at radius 3 is 2.14 bits per heavy atom. The molecule has 0 saturated carbocycles. The van der Waals surface area contributed by atoms with E-state index in [1.165, 1.54) is 0 Å². The summed E-state index contributed by atoms with van der Waals surface area (Å²) in [5.41, 5.74) is 1.98. The number of halogens is 2. The molecule has 0 atom stereocenters. The van der Waals surface area contributed by atoms with Crippen molar-refractivity contribution in [3.8, 4) is 0 Å². The van der Waals surface area contributed by atoms with Crippen LogP contribution in [0.3, 0.4) is 0 Å². The van der Waals surface area contributed by atoms with E-state index in [1.807, 2.05) is 12.1 Å². The molecular formula is C11H8Cl2O. The molecule has 2 rings (SSSR count). The Kier molecular flexibility index (Phi) is 2.62. The first-order chi connectivity index (χ1) is 6.65. The van der Waals surface area contributed by atoms with Crippen LogP contribution in [0.5, 0.6) is 0 Å². The molecule has 0 unspecified atom stereocenters. The number of rotatable bonds is 1. The van der Waals surface area contributed by atoms with Crippen LogP contribution >= 0.6 is 23.2 Å². The zero-order chi connectivity index (χ0) is 10.1. The summed E-state index contributed by atoms with van der Waals surface area (Å²) in [6, 6.07) is 5.35. The Balaban J connectivity index is 2.42. The highest BCUT2D eigenvalue weighted by molar-refractivity contribution is 6.34. The smallest absolute Gasteiger partial charge is 0.156 e. The molecule has 3 heteroatoms. The zero-order valence-corrected chi connectivity index (χ0v) is 8.90. The van der Waals surface area contributed by atoms with Crippen molar-refractivity contribution in [2.45, 2.75) is 12.8 Å². The molecule has 0 bridgehead atoms. The molecule has 14 heavy (non-hydrogen) atoms. The molecule has 0 radical (unpaired) electrons. The number of allylic oxidation sites excluding steroid dienone is 2. The standard InChI is InChI=1S/C11H8Cl2O/c12-9-3-8(4-10(13)6-9)7-1-2-11(14)5-7/h3-6H,1-2H2. The van der Waals surface area contributed by atoms with Crippen LogP contribution in [0.2, 0.25) is 10.0 Å². The van der Waals surface area contributed by atoms with Gasteiger partial charge >= 0.3 is 0 Å². The topological polar surface area (TPSA) is 17.1 Å².